The van der Waals surface area contributed by atoms with E-state index in [2.05, 4.69) is 15.9 Å². The second kappa shape index (κ2) is 4.39. The average Bonchev–Trinajstić information content (AvgIpc) is 2.96. The fraction of sp³-hybridized carbons (Fsp3) is 0.308. The molecule has 2 amide bonds. The van der Waals surface area contributed by atoms with Crippen molar-refractivity contribution in [2.24, 2.45) is 0 Å². The van der Waals surface area contributed by atoms with Crippen LogP contribution in [0.1, 0.15) is 27.1 Å². The van der Waals surface area contributed by atoms with Crippen LogP contribution in [0.15, 0.2) is 22.7 Å². The highest BCUT2D eigenvalue weighted by Gasteiger charge is 2.56. The van der Waals surface area contributed by atoms with Crippen molar-refractivity contribution >= 4 is 33.7 Å². The predicted octanol–water partition coefficient (Wildman–Crippen LogP) is 1.29. The van der Waals surface area contributed by atoms with Gasteiger partial charge < -0.3 is 9.84 Å². The minimum atomic E-state index is -1.60. The van der Waals surface area contributed by atoms with Crippen LogP contribution in [0, 0.1) is 0 Å². The smallest absolute Gasteiger partial charge is 0.332 e. The summed E-state index contributed by atoms with van der Waals surface area (Å²) in [5, 5.41) is 9.46. The Morgan fingerprint density at radius 1 is 1.30 bits per heavy atom. The van der Waals surface area contributed by atoms with Crippen LogP contribution in [0.4, 0.5) is 0 Å². The van der Waals surface area contributed by atoms with Gasteiger partial charge in [-0.2, -0.15) is 0 Å². The van der Waals surface area contributed by atoms with E-state index in [9.17, 15) is 19.5 Å². The van der Waals surface area contributed by atoms with Crippen molar-refractivity contribution in [1.82, 2.24) is 4.90 Å². The molecule has 6 nitrogen and oxygen atoms in total. The fourth-order valence-electron chi connectivity index (χ4n) is 2.60. The molecule has 104 valence electrons. The van der Waals surface area contributed by atoms with Crippen molar-refractivity contribution < 1.29 is 24.2 Å². The van der Waals surface area contributed by atoms with Crippen LogP contribution < -0.4 is 0 Å². The first-order valence-corrected chi connectivity index (χ1v) is 6.76. The number of halogens is 1. The molecule has 3 rings (SSSR count). The van der Waals surface area contributed by atoms with Gasteiger partial charge in [0, 0.05) is 17.5 Å². The number of hydrogen-bond acceptors (Lipinski definition) is 4. The van der Waals surface area contributed by atoms with Gasteiger partial charge in [-0.15, -0.1) is 0 Å². The summed E-state index contributed by atoms with van der Waals surface area (Å²) in [5.41, 5.74) is -1.15. The molecule has 7 heteroatoms. The molecule has 2 heterocycles. The molecule has 1 N–H and O–H groups in total. The van der Waals surface area contributed by atoms with E-state index in [0.29, 0.717) is 4.47 Å². The van der Waals surface area contributed by atoms with Crippen molar-refractivity contribution in [3.63, 3.8) is 0 Å². The molecule has 1 aromatic carbocycles. The largest absolute Gasteiger partial charge is 0.479 e. The first kappa shape index (κ1) is 13.3. The lowest BCUT2D eigenvalue weighted by Crippen LogP contribution is -2.57. The first-order chi connectivity index (χ1) is 9.47. The van der Waals surface area contributed by atoms with Gasteiger partial charge in [0.2, 0.25) is 0 Å². The Morgan fingerprint density at radius 3 is 2.60 bits per heavy atom. The molecular formula is C13H10BrNO5. The Hall–Kier alpha value is -1.73. The van der Waals surface area contributed by atoms with Crippen molar-refractivity contribution in [1.29, 1.82) is 0 Å². The molecule has 2 aliphatic heterocycles. The van der Waals surface area contributed by atoms with Crippen LogP contribution in [-0.2, 0) is 9.53 Å². The maximum atomic E-state index is 12.4. The summed E-state index contributed by atoms with van der Waals surface area (Å²) in [6.45, 7) is 0.0401. The van der Waals surface area contributed by atoms with E-state index in [1.54, 1.807) is 6.07 Å². The van der Waals surface area contributed by atoms with Gasteiger partial charge in [-0.05, 0) is 18.2 Å². The molecule has 0 bridgehead atoms. The number of benzene rings is 1. The fourth-order valence-corrected chi connectivity index (χ4v) is 2.96. The van der Waals surface area contributed by atoms with Gasteiger partial charge in [-0.1, -0.05) is 15.9 Å². The summed E-state index contributed by atoms with van der Waals surface area (Å²) in [5.74, 6) is -2.38. The highest BCUT2D eigenvalue weighted by Crippen LogP contribution is 2.35. The van der Waals surface area contributed by atoms with E-state index in [0.717, 1.165) is 4.90 Å². The van der Waals surface area contributed by atoms with E-state index < -0.39 is 23.3 Å². The predicted molar refractivity (Wildman–Crippen MR) is 70.4 cm³/mol. The molecular weight excluding hydrogens is 330 g/mol. The Bertz CT molecular complexity index is 636. The van der Waals surface area contributed by atoms with Crippen LogP contribution in [0.2, 0.25) is 0 Å². The van der Waals surface area contributed by atoms with E-state index in [4.69, 9.17) is 4.74 Å². The van der Waals surface area contributed by atoms with Gasteiger partial charge in [-0.3, -0.25) is 14.5 Å². The number of aliphatic carboxylic acids is 1. The van der Waals surface area contributed by atoms with Crippen molar-refractivity contribution in [3.05, 3.63) is 33.8 Å². The number of ether oxygens (including phenoxy) is 1. The van der Waals surface area contributed by atoms with Gasteiger partial charge in [-0.25, -0.2) is 4.79 Å². The maximum Gasteiger partial charge on any atom is 0.332 e. The number of imide groups is 1. The van der Waals surface area contributed by atoms with Crippen molar-refractivity contribution in [2.45, 2.75) is 12.0 Å². The number of carbonyl (C=O) groups is 3. The molecule has 0 saturated carbocycles. The third-order valence-electron chi connectivity index (χ3n) is 3.68. The molecule has 1 fully saturated rings. The average molecular weight is 340 g/mol. The summed E-state index contributed by atoms with van der Waals surface area (Å²) in [7, 11) is 0. The molecule has 0 aliphatic carbocycles. The van der Waals surface area contributed by atoms with E-state index >= 15 is 0 Å². The lowest BCUT2D eigenvalue weighted by molar-refractivity contribution is -0.148. The van der Waals surface area contributed by atoms with Crippen LogP contribution >= 0.6 is 15.9 Å². The van der Waals surface area contributed by atoms with Crippen LogP contribution in [-0.4, -0.2) is 46.5 Å². The number of carboxylic acids is 1. The Labute approximate surface area is 122 Å². The topological polar surface area (TPSA) is 83.9 Å². The number of amides is 2. The Morgan fingerprint density at radius 2 is 2.00 bits per heavy atom. The molecule has 0 spiro atoms. The van der Waals surface area contributed by atoms with Gasteiger partial charge in [0.25, 0.3) is 11.8 Å². The monoisotopic (exact) mass is 339 g/mol. The second-order valence-corrected chi connectivity index (χ2v) is 5.69. The third kappa shape index (κ3) is 1.63. The Balaban J connectivity index is 2.11. The normalized spacial score (nSPS) is 25.1. The molecule has 1 aromatic rings. The lowest BCUT2D eigenvalue weighted by Gasteiger charge is -2.31. The molecule has 1 saturated heterocycles. The standard InChI is InChI=1S/C13H10BrNO5/c14-7-1-2-8-9(5-7)11(17)15(10(8)16)13(12(18)19)3-4-20-6-13/h1-2,5H,3-4,6H2,(H,18,19). The number of rotatable bonds is 2. The minimum Gasteiger partial charge on any atom is -0.479 e. The highest BCUT2D eigenvalue weighted by molar-refractivity contribution is 9.10. The highest BCUT2D eigenvalue weighted by atomic mass is 79.9. The minimum absolute atomic E-state index is 0.106. The molecule has 1 atom stereocenters. The molecule has 20 heavy (non-hydrogen) atoms. The lowest BCUT2D eigenvalue weighted by atomic mass is 9.96. The summed E-state index contributed by atoms with van der Waals surface area (Å²) >= 11 is 3.24. The Kier molecular flexibility index (Phi) is 2.91. The SMILES string of the molecule is O=C1c2ccc(Br)cc2C(=O)N1C1(C(=O)O)CCOC1. The molecule has 0 aromatic heterocycles. The summed E-state index contributed by atoms with van der Waals surface area (Å²) < 4.78 is 5.78. The van der Waals surface area contributed by atoms with E-state index in [1.807, 2.05) is 0 Å². The van der Waals surface area contributed by atoms with Gasteiger partial charge in [0.05, 0.1) is 17.7 Å². The van der Waals surface area contributed by atoms with E-state index in [1.165, 1.54) is 12.1 Å². The van der Waals surface area contributed by atoms with Gasteiger partial charge in [0.15, 0.2) is 5.54 Å². The third-order valence-corrected chi connectivity index (χ3v) is 4.17. The summed E-state index contributed by atoms with van der Waals surface area (Å²) in [6, 6.07) is 4.69. The van der Waals surface area contributed by atoms with Crippen molar-refractivity contribution in [3.8, 4) is 0 Å². The van der Waals surface area contributed by atoms with Crippen LogP contribution in [0.25, 0.3) is 0 Å². The summed E-state index contributed by atoms with van der Waals surface area (Å²) in [4.78, 5) is 37.2. The number of hydrogen-bond donors (Lipinski definition) is 1. The first-order valence-electron chi connectivity index (χ1n) is 5.97. The molecule has 1 unspecified atom stereocenters. The number of nitrogens with zero attached hydrogens (tertiary/aromatic N) is 1. The van der Waals surface area contributed by atoms with Crippen LogP contribution in [0.3, 0.4) is 0 Å². The zero-order valence-electron chi connectivity index (χ0n) is 10.3. The van der Waals surface area contributed by atoms with Gasteiger partial charge >= 0.3 is 5.97 Å². The van der Waals surface area contributed by atoms with E-state index in [-0.39, 0.29) is 30.8 Å². The molecule has 2 aliphatic rings. The maximum absolute atomic E-state index is 12.4. The van der Waals surface area contributed by atoms with Crippen LogP contribution in [0.5, 0.6) is 0 Å². The second-order valence-electron chi connectivity index (χ2n) is 4.77. The molecule has 0 radical (unpaired) electrons. The zero-order chi connectivity index (χ0) is 14.5. The number of carbonyl (C=O) groups excluding carboxylic acids is 2. The van der Waals surface area contributed by atoms with Crippen molar-refractivity contribution in [2.75, 3.05) is 13.2 Å². The number of fused-ring (bicyclic) bond motifs is 1. The quantitative estimate of drug-likeness (QED) is 0.820. The summed E-state index contributed by atoms with van der Waals surface area (Å²) in [6.07, 6.45) is 0.106. The zero-order valence-corrected chi connectivity index (χ0v) is 11.8. The number of carboxylic acid groups (broad SMARTS) is 1. The van der Waals surface area contributed by atoms with Gasteiger partial charge in [0.1, 0.15) is 0 Å².